The molecule has 3 N–H and O–H groups in total. The molecule has 5 nitrogen and oxygen atoms in total. The normalized spacial score (nSPS) is 29.2. The Labute approximate surface area is 105 Å². The molecule has 1 heterocycles. The van der Waals surface area contributed by atoms with Gasteiger partial charge in [-0.05, 0) is 33.1 Å². The van der Waals surface area contributed by atoms with E-state index in [1.165, 1.54) is 0 Å². The highest BCUT2D eigenvalue weighted by atomic mass is 32.2. The monoisotopic (exact) mass is 263 g/mol. The van der Waals surface area contributed by atoms with Gasteiger partial charge in [-0.25, -0.2) is 13.4 Å². The molecule has 1 aliphatic heterocycles. The molecular formula is C11H25N3O2S. The zero-order valence-corrected chi connectivity index (χ0v) is 11.8. The van der Waals surface area contributed by atoms with E-state index in [1.54, 1.807) is 0 Å². The van der Waals surface area contributed by atoms with E-state index in [-0.39, 0.29) is 18.6 Å². The third-order valence-electron chi connectivity index (χ3n) is 3.58. The average Bonchev–Trinajstić information content (AvgIpc) is 2.25. The van der Waals surface area contributed by atoms with Crippen LogP contribution in [0.4, 0.5) is 0 Å². The number of hydrogen-bond acceptors (Lipinski definition) is 4. The summed E-state index contributed by atoms with van der Waals surface area (Å²) in [7, 11) is -3.34. The van der Waals surface area contributed by atoms with Gasteiger partial charge in [0.2, 0.25) is 10.0 Å². The first-order valence-electron chi connectivity index (χ1n) is 6.42. The molecule has 0 amide bonds. The van der Waals surface area contributed by atoms with Crippen molar-refractivity contribution in [2.45, 2.75) is 63.8 Å². The topological polar surface area (TPSA) is 75.4 Å². The van der Waals surface area contributed by atoms with Gasteiger partial charge in [0.05, 0.1) is 5.25 Å². The van der Waals surface area contributed by atoms with Gasteiger partial charge in [0, 0.05) is 18.6 Å². The number of nitrogens with two attached hydrogens (primary N) is 1. The molecule has 102 valence electrons. The molecule has 6 heteroatoms. The van der Waals surface area contributed by atoms with Crippen molar-refractivity contribution in [2.75, 3.05) is 6.54 Å². The van der Waals surface area contributed by atoms with Crippen LogP contribution in [0.5, 0.6) is 0 Å². The van der Waals surface area contributed by atoms with Gasteiger partial charge in [0.15, 0.2) is 0 Å². The van der Waals surface area contributed by atoms with E-state index >= 15 is 0 Å². The Bertz CT molecular complexity index is 318. The zero-order chi connectivity index (χ0) is 13.1. The van der Waals surface area contributed by atoms with Crippen molar-refractivity contribution < 1.29 is 8.42 Å². The second kappa shape index (κ2) is 6.13. The van der Waals surface area contributed by atoms with Gasteiger partial charge in [0.25, 0.3) is 0 Å². The SMILES string of the molecule is CCC(CN)S(=O)(=O)NN1C(C)CCCC1C. The lowest BCUT2D eigenvalue weighted by Crippen LogP contribution is -2.56. The van der Waals surface area contributed by atoms with Crippen LogP contribution < -0.4 is 10.6 Å². The van der Waals surface area contributed by atoms with Crippen LogP contribution in [-0.2, 0) is 10.0 Å². The van der Waals surface area contributed by atoms with Crippen LogP contribution >= 0.6 is 0 Å². The molecule has 3 atom stereocenters. The average molecular weight is 263 g/mol. The minimum Gasteiger partial charge on any atom is -0.329 e. The summed E-state index contributed by atoms with van der Waals surface area (Å²) < 4.78 is 24.2. The molecule has 3 unspecified atom stereocenters. The summed E-state index contributed by atoms with van der Waals surface area (Å²) in [6.45, 7) is 6.13. The summed E-state index contributed by atoms with van der Waals surface area (Å²) >= 11 is 0. The third kappa shape index (κ3) is 3.64. The Kier molecular flexibility index (Phi) is 5.37. The Morgan fingerprint density at radius 2 is 1.88 bits per heavy atom. The summed E-state index contributed by atoms with van der Waals surface area (Å²) in [5.41, 5.74) is 5.51. The van der Waals surface area contributed by atoms with Gasteiger partial charge in [-0.15, -0.1) is 4.83 Å². The quantitative estimate of drug-likeness (QED) is 0.770. The van der Waals surface area contributed by atoms with E-state index in [4.69, 9.17) is 5.73 Å². The lowest BCUT2D eigenvalue weighted by Gasteiger charge is -2.39. The first-order chi connectivity index (χ1) is 7.92. The Balaban J connectivity index is 2.74. The molecule has 1 aliphatic rings. The summed E-state index contributed by atoms with van der Waals surface area (Å²) in [5, 5.41) is 1.38. The molecule has 1 saturated heterocycles. The van der Waals surface area contributed by atoms with Crippen molar-refractivity contribution in [3.63, 3.8) is 0 Å². The third-order valence-corrected chi connectivity index (χ3v) is 5.45. The second-order valence-electron chi connectivity index (χ2n) is 4.94. The highest BCUT2D eigenvalue weighted by molar-refractivity contribution is 7.90. The second-order valence-corrected chi connectivity index (χ2v) is 6.88. The Morgan fingerprint density at radius 3 is 2.29 bits per heavy atom. The number of piperidine rings is 1. The lowest BCUT2D eigenvalue weighted by molar-refractivity contribution is 0.0786. The van der Waals surface area contributed by atoms with Gasteiger partial charge < -0.3 is 5.73 Å². The van der Waals surface area contributed by atoms with Gasteiger partial charge in [-0.2, -0.15) is 0 Å². The minimum absolute atomic E-state index is 0.169. The Morgan fingerprint density at radius 1 is 1.35 bits per heavy atom. The van der Waals surface area contributed by atoms with Crippen molar-refractivity contribution >= 4 is 10.0 Å². The van der Waals surface area contributed by atoms with E-state index in [0.29, 0.717) is 6.42 Å². The summed E-state index contributed by atoms with van der Waals surface area (Å²) in [5.74, 6) is 0. The molecule has 0 aliphatic carbocycles. The first kappa shape index (κ1) is 14.9. The molecule has 0 aromatic heterocycles. The number of sulfonamides is 1. The van der Waals surface area contributed by atoms with E-state index in [1.807, 2.05) is 11.9 Å². The highest BCUT2D eigenvalue weighted by Gasteiger charge is 2.31. The molecule has 1 fully saturated rings. The van der Waals surface area contributed by atoms with Crippen LogP contribution in [0.1, 0.15) is 46.5 Å². The van der Waals surface area contributed by atoms with Crippen molar-refractivity contribution in [3.05, 3.63) is 0 Å². The fourth-order valence-corrected chi connectivity index (χ4v) is 3.83. The van der Waals surface area contributed by atoms with Gasteiger partial charge in [0.1, 0.15) is 0 Å². The molecule has 0 spiro atoms. The molecular weight excluding hydrogens is 238 g/mol. The van der Waals surface area contributed by atoms with Crippen LogP contribution in [0.2, 0.25) is 0 Å². The van der Waals surface area contributed by atoms with Crippen molar-refractivity contribution in [1.82, 2.24) is 9.84 Å². The summed E-state index contributed by atoms with van der Waals surface area (Å²) in [6.07, 6.45) is 3.77. The fourth-order valence-electron chi connectivity index (χ4n) is 2.34. The molecule has 17 heavy (non-hydrogen) atoms. The van der Waals surface area contributed by atoms with Crippen LogP contribution in [-0.4, -0.2) is 37.3 Å². The van der Waals surface area contributed by atoms with Crippen molar-refractivity contribution in [3.8, 4) is 0 Å². The predicted octanol–water partition coefficient (Wildman–Crippen LogP) is 0.821. The summed E-state index contributed by atoms with van der Waals surface area (Å²) in [4.78, 5) is 2.72. The number of nitrogens with one attached hydrogen (secondary N) is 1. The zero-order valence-electron chi connectivity index (χ0n) is 11.0. The number of rotatable bonds is 5. The molecule has 0 aromatic carbocycles. The minimum atomic E-state index is -3.34. The molecule has 0 saturated carbocycles. The van der Waals surface area contributed by atoms with Gasteiger partial charge >= 0.3 is 0 Å². The highest BCUT2D eigenvalue weighted by Crippen LogP contribution is 2.21. The smallest absolute Gasteiger partial charge is 0.228 e. The van der Waals surface area contributed by atoms with E-state index in [9.17, 15) is 8.42 Å². The fraction of sp³-hybridized carbons (Fsp3) is 1.00. The largest absolute Gasteiger partial charge is 0.329 e. The lowest BCUT2D eigenvalue weighted by atomic mass is 10.0. The van der Waals surface area contributed by atoms with Crippen LogP contribution in [0, 0.1) is 0 Å². The van der Waals surface area contributed by atoms with Gasteiger partial charge in [-0.3, -0.25) is 0 Å². The maximum atomic E-state index is 12.1. The van der Waals surface area contributed by atoms with Gasteiger partial charge in [-0.1, -0.05) is 13.3 Å². The maximum absolute atomic E-state index is 12.1. The number of hydrogen-bond donors (Lipinski definition) is 2. The van der Waals surface area contributed by atoms with E-state index in [2.05, 4.69) is 18.7 Å². The maximum Gasteiger partial charge on any atom is 0.228 e. The van der Waals surface area contributed by atoms with Crippen LogP contribution in [0.15, 0.2) is 0 Å². The standard InChI is InChI=1S/C11H25N3O2S/c1-4-11(8-12)17(15,16)13-14-9(2)6-5-7-10(14)3/h9-11,13H,4-8,12H2,1-3H3. The number of nitrogens with zero attached hydrogens (tertiary/aromatic N) is 1. The van der Waals surface area contributed by atoms with Crippen LogP contribution in [0.3, 0.4) is 0 Å². The molecule has 0 radical (unpaired) electrons. The molecule has 1 rings (SSSR count). The summed E-state index contributed by atoms with van der Waals surface area (Å²) in [6, 6.07) is 0.507. The van der Waals surface area contributed by atoms with Crippen molar-refractivity contribution in [2.24, 2.45) is 5.73 Å². The Hall–Kier alpha value is -0.170. The van der Waals surface area contributed by atoms with E-state index < -0.39 is 15.3 Å². The van der Waals surface area contributed by atoms with Crippen molar-refractivity contribution in [1.29, 1.82) is 0 Å². The molecule has 0 aromatic rings. The molecule has 0 bridgehead atoms. The first-order valence-corrected chi connectivity index (χ1v) is 7.96. The predicted molar refractivity (Wildman–Crippen MR) is 69.8 cm³/mol. The van der Waals surface area contributed by atoms with E-state index in [0.717, 1.165) is 19.3 Å². The number of hydrazine groups is 1. The van der Waals surface area contributed by atoms with Crippen LogP contribution in [0.25, 0.3) is 0 Å².